The Hall–Kier alpha value is -2.24. The summed E-state index contributed by atoms with van der Waals surface area (Å²) in [5, 5.41) is 4.23. The SMILES string of the molecule is CCOC(=O)N1CCC[C@H]2C(c3ccc(OC)cc3)=NO[C@H]21. The zero-order valence-electron chi connectivity index (χ0n) is 12.8. The van der Waals surface area contributed by atoms with Crippen LogP contribution in [0.3, 0.4) is 0 Å². The van der Waals surface area contributed by atoms with Gasteiger partial charge in [-0.15, -0.1) is 0 Å². The van der Waals surface area contributed by atoms with Crippen molar-refractivity contribution in [3.63, 3.8) is 0 Å². The highest BCUT2D eigenvalue weighted by Crippen LogP contribution is 2.33. The number of carbonyl (C=O) groups is 1. The van der Waals surface area contributed by atoms with Crippen LogP contribution in [-0.4, -0.2) is 43.2 Å². The molecule has 22 heavy (non-hydrogen) atoms. The lowest BCUT2D eigenvalue weighted by Crippen LogP contribution is -2.49. The standard InChI is InChI=1S/C16H20N2O4/c1-3-21-16(19)18-10-4-5-13-14(17-22-15(13)18)11-6-8-12(20-2)9-7-11/h6-9,13,15H,3-5,10H2,1-2H3/t13-,15+/m0/s1. The third-order valence-corrected chi connectivity index (χ3v) is 4.06. The summed E-state index contributed by atoms with van der Waals surface area (Å²) >= 11 is 0. The van der Waals surface area contributed by atoms with Crippen LogP contribution in [0.25, 0.3) is 0 Å². The largest absolute Gasteiger partial charge is 0.497 e. The first-order valence-electron chi connectivity index (χ1n) is 7.56. The topological polar surface area (TPSA) is 60.4 Å². The molecule has 2 aliphatic heterocycles. The highest BCUT2D eigenvalue weighted by atomic mass is 16.7. The van der Waals surface area contributed by atoms with Crippen molar-refractivity contribution >= 4 is 11.8 Å². The molecule has 6 heteroatoms. The number of benzene rings is 1. The van der Waals surface area contributed by atoms with E-state index in [0.29, 0.717) is 13.2 Å². The van der Waals surface area contributed by atoms with E-state index in [1.165, 1.54) is 0 Å². The number of likely N-dealkylation sites (tertiary alicyclic amines) is 1. The number of hydrogen-bond acceptors (Lipinski definition) is 5. The lowest BCUT2D eigenvalue weighted by atomic mass is 9.88. The molecule has 0 aromatic heterocycles. The number of rotatable bonds is 3. The molecule has 0 bridgehead atoms. The quantitative estimate of drug-likeness (QED) is 0.861. The van der Waals surface area contributed by atoms with Gasteiger partial charge >= 0.3 is 6.09 Å². The first kappa shape index (κ1) is 14.7. The molecule has 118 valence electrons. The molecular weight excluding hydrogens is 284 g/mol. The van der Waals surface area contributed by atoms with Gasteiger partial charge in [0.05, 0.1) is 25.3 Å². The maximum Gasteiger partial charge on any atom is 0.412 e. The molecule has 3 rings (SSSR count). The number of carbonyl (C=O) groups excluding carboxylic acids is 1. The molecule has 6 nitrogen and oxygen atoms in total. The normalized spacial score (nSPS) is 23.4. The molecule has 2 aliphatic rings. The van der Waals surface area contributed by atoms with Gasteiger partial charge in [-0.1, -0.05) is 5.16 Å². The highest BCUT2D eigenvalue weighted by molar-refractivity contribution is 6.03. The second-order valence-corrected chi connectivity index (χ2v) is 5.34. The van der Waals surface area contributed by atoms with Crippen LogP contribution < -0.4 is 4.74 Å². The summed E-state index contributed by atoms with van der Waals surface area (Å²) in [6.07, 6.45) is 1.18. The van der Waals surface area contributed by atoms with E-state index < -0.39 is 0 Å². The molecule has 1 aromatic carbocycles. The van der Waals surface area contributed by atoms with Crippen LogP contribution in [0.15, 0.2) is 29.4 Å². The van der Waals surface area contributed by atoms with Gasteiger partial charge in [0.15, 0.2) is 0 Å². The Labute approximate surface area is 129 Å². The van der Waals surface area contributed by atoms with Crippen molar-refractivity contribution in [2.75, 3.05) is 20.3 Å². The molecule has 0 aliphatic carbocycles. The van der Waals surface area contributed by atoms with Crippen LogP contribution in [0.2, 0.25) is 0 Å². The number of fused-ring (bicyclic) bond motifs is 1. The fourth-order valence-corrected chi connectivity index (χ4v) is 2.98. The summed E-state index contributed by atoms with van der Waals surface area (Å²) in [6.45, 7) is 2.80. The van der Waals surface area contributed by atoms with Gasteiger partial charge in [0.1, 0.15) is 5.75 Å². The summed E-state index contributed by atoms with van der Waals surface area (Å²) in [6, 6.07) is 7.73. The Morgan fingerprint density at radius 2 is 2.18 bits per heavy atom. The lowest BCUT2D eigenvalue weighted by Gasteiger charge is -2.34. The number of nitrogens with zero attached hydrogens (tertiary/aromatic N) is 2. The molecule has 1 aromatic rings. The van der Waals surface area contributed by atoms with Gasteiger partial charge in [-0.25, -0.2) is 4.79 Å². The van der Waals surface area contributed by atoms with Crippen LogP contribution in [0.5, 0.6) is 5.75 Å². The fraction of sp³-hybridized carbons (Fsp3) is 0.500. The van der Waals surface area contributed by atoms with Crippen molar-refractivity contribution in [3.8, 4) is 5.75 Å². The van der Waals surface area contributed by atoms with Gasteiger partial charge in [0.25, 0.3) is 0 Å². The van der Waals surface area contributed by atoms with Gasteiger partial charge in [-0.3, -0.25) is 4.90 Å². The van der Waals surface area contributed by atoms with Crippen LogP contribution in [0.4, 0.5) is 4.79 Å². The fourth-order valence-electron chi connectivity index (χ4n) is 2.98. The molecule has 1 fully saturated rings. The van der Waals surface area contributed by atoms with Gasteiger partial charge < -0.3 is 14.3 Å². The summed E-state index contributed by atoms with van der Waals surface area (Å²) < 4.78 is 10.3. The zero-order chi connectivity index (χ0) is 15.5. The Morgan fingerprint density at radius 3 is 2.86 bits per heavy atom. The third kappa shape index (κ3) is 2.61. The van der Waals surface area contributed by atoms with E-state index >= 15 is 0 Å². The molecule has 0 N–H and O–H groups in total. The van der Waals surface area contributed by atoms with Gasteiger partial charge in [-0.2, -0.15) is 0 Å². The van der Waals surface area contributed by atoms with Crippen LogP contribution in [0, 0.1) is 5.92 Å². The van der Waals surface area contributed by atoms with E-state index in [2.05, 4.69) is 5.16 Å². The number of piperidine rings is 1. The predicted molar refractivity (Wildman–Crippen MR) is 80.9 cm³/mol. The Bertz CT molecular complexity index is 570. The van der Waals surface area contributed by atoms with E-state index in [9.17, 15) is 4.79 Å². The molecular formula is C16H20N2O4. The maximum absolute atomic E-state index is 12.0. The van der Waals surface area contributed by atoms with E-state index in [1.54, 1.807) is 18.9 Å². The third-order valence-electron chi connectivity index (χ3n) is 4.06. The second-order valence-electron chi connectivity index (χ2n) is 5.34. The number of methoxy groups -OCH3 is 1. The van der Waals surface area contributed by atoms with Crippen molar-refractivity contribution in [1.29, 1.82) is 0 Å². The van der Waals surface area contributed by atoms with E-state index in [1.807, 2.05) is 24.3 Å². The first-order chi connectivity index (χ1) is 10.7. The zero-order valence-corrected chi connectivity index (χ0v) is 12.8. The van der Waals surface area contributed by atoms with Crippen LogP contribution in [0.1, 0.15) is 25.3 Å². The van der Waals surface area contributed by atoms with Gasteiger partial charge in [0, 0.05) is 12.1 Å². The minimum atomic E-state index is -0.357. The predicted octanol–water partition coefficient (Wildman–Crippen LogP) is 2.62. The average Bonchev–Trinajstić information content (AvgIpc) is 2.99. The van der Waals surface area contributed by atoms with Crippen molar-refractivity contribution in [3.05, 3.63) is 29.8 Å². The highest BCUT2D eigenvalue weighted by Gasteiger charge is 2.43. The van der Waals surface area contributed by atoms with E-state index in [0.717, 1.165) is 29.9 Å². The average molecular weight is 304 g/mol. The molecule has 2 heterocycles. The summed E-state index contributed by atoms with van der Waals surface area (Å²) in [5.74, 6) is 0.892. The summed E-state index contributed by atoms with van der Waals surface area (Å²) in [5.41, 5.74) is 1.89. The molecule has 0 unspecified atom stereocenters. The number of ether oxygens (including phenoxy) is 2. The van der Waals surface area contributed by atoms with Crippen LogP contribution in [-0.2, 0) is 9.57 Å². The minimum absolute atomic E-state index is 0.0894. The number of amides is 1. The van der Waals surface area contributed by atoms with Crippen molar-refractivity contribution in [2.24, 2.45) is 11.1 Å². The smallest absolute Gasteiger partial charge is 0.412 e. The van der Waals surface area contributed by atoms with Gasteiger partial charge in [-0.05, 0) is 44.0 Å². The summed E-state index contributed by atoms with van der Waals surface area (Å²) in [7, 11) is 1.64. The van der Waals surface area contributed by atoms with Crippen LogP contribution >= 0.6 is 0 Å². The van der Waals surface area contributed by atoms with E-state index in [-0.39, 0.29) is 18.2 Å². The molecule has 2 atom stereocenters. The number of hydrogen-bond donors (Lipinski definition) is 0. The monoisotopic (exact) mass is 304 g/mol. The van der Waals surface area contributed by atoms with E-state index in [4.69, 9.17) is 14.3 Å². The van der Waals surface area contributed by atoms with Crippen molar-refractivity contribution < 1.29 is 19.1 Å². The van der Waals surface area contributed by atoms with Gasteiger partial charge in [0.2, 0.25) is 6.23 Å². The Morgan fingerprint density at radius 1 is 1.41 bits per heavy atom. The first-order valence-corrected chi connectivity index (χ1v) is 7.56. The number of oxime groups is 1. The Balaban J connectivity index is 1.77. The molecule has 1 amide bonds. The van der Waals surface area contributed by atoms with Crippen molar-refractivity contribution in [1.82, 2.24) is 4.90 Å². The molecule has 0 spiro atoms. The lowest BCUT2D eigenvalue weighted by molar-refractivity contribution is -0.0678. The second kappa shape index (κ2) is 6.25. The maximum atomic E-state index is 12.0. The Kier molecular flexibility index (Phi) is 4.18. The molecule has 0 saturated carbocycles. The minimum Gasteiger partial charge on any atom is -0.497 e. The molecule has 0 radical (unpaired) electrons. The van der Waals surface area contributed by atoms with Crippen molar-refractivity contribution in [2.45, 2.75) is 26.0 Å². The summed E-state index contributed by atoms with van der Waals surface area (Å²) in [4.78, 5) is 19.2. The molecule has 1 saturated heterocycles.